The molecule has 1 aromatic heterocycles. The Labute approximate surface area is 122 Å². The zero-order chi connectivity index (χ0) is 15.0. The molecule has 0 saturated carbocycles. The summed E-state index contributed by atoms with van der Waals surface area (Å²) >= 11 is 0. The van der Waals surface area contributed by atoms with Crippen LogP contribution in [0, 0.1) is 5.92 Å². The summed E-state index contributed by atoms with van der Waals surface area (Å²) in [7, 11) is 0. The topological polar surface area (TPSA) is 43.4 Å². The Bertz CT molecular complexity index is 386. The first-order valence-corrected chi connectivity index (χ1v) is 7.30. The molecule has 0 amide bonds. The molecule has 114 valence electrons. The van der Waals surface area contributed by atoms with Crippen LogP contribution in [0.2, 0.25) is 0 Å². The Morgan fingerprint density at radius 3 is 2.65 bits per heavy atom. The van der Waals surface area contributed by atoms with E-state index in [9.17, 15) is 0 Å². The summed E-state index contributed by atoms with van der Waals surface area (Å²) in [5.74, 6) is 1.33. The van der Waals surface area contributed by atoms with Crippen LogP contribution in [-0.4, -0.2) is 30.3 Å². The standard InChI is InChI=1S/C16H28N2O2/c1-13(2)11-17-12-14-7-6-8-18-15(14)19-9-10-20-16(3,4)5/h6-8,13,17H,9-12H2,1-5H3. The zero-order valence-electron chi connectivity index (χ0n) is 13.4. The largest absolute Gasteiger partial charge is 0.475 e. The van der Waals surface area contributed by atoms with Crippen LogP contribution in [0.5, 0.6) is 5.88 Å². The van der Waals surface area contributed by atoms with Gasteiger partial charge in [-0.15, -0.1) is 0 Å². The number of aromatic nitrogens is 1. The summed E-state index contributed by atoms with van der Waals surface area (Å²) in [6.07, 6.45) is 1.76. The number of hydrogen-bond donors (Lipinski definition) is 1. The number of nitrogens with one attached hydrogen (secondary N) is 1. The minimum atomic E-state index is -0.130. The molecule has 1 heterocycles. The molecule has 4 nitrogen and oxygen atoms in total. The van der Waals surface area contributed by atoms with Crippen molar-refractivity contribution in [1.29, 1.82) is 0 Å². The number of ether oxygens (including phenoxy) is 2. The van der Waals surface area contributed by atoms with E-state index in [2.05, 4.69) is 24.1 Å². The molecule has 0 unspecified atom stereocenters. The highest BCUT2D eigenvalue weighted by Gasteiger charge is 2.10. The van der Waals surface area contributed by atoms with Crippen LogP contribution in [0.25, 0.3) is 0 Å². The summed E-state index contributed by atoms with van der Waals surface area (Å²) < 4.78 is 11.3. The molecule has 0 spiro atoms. The van der Waals surface area contributed by atoms with Crippen molar-refractivity contribution in [1.82, 2.24) is 10.3 Å². The molecule has 0 bridgehead atoms. The van der Waals surface area contributed by atoms with E-state index >= 15 is 0 Å². The van der Waals surface area contributed by atoms with E-state index < -0.39 is 0 Å². The van der Waals surface area contributed by atoms with Gasteiger partial charge >= 0.3 is 0 Å². The molecule has 1 rings (SSSR count). The van der Waals surface area contributed by atoms with Crippen molar-refractivity contribution in [3.63, 3.8) is 0 Å². The molecule has 0 atom stereocenters. The third-order valence-electron chi connectivity index (χ3n) is 2.58. The molecule has 0 aromatic carbocycles. The molecule has 0 aliphatic rings. The van der Waals surface area contributed by atoms with Crippen molar-refractivity contribution >= 4 is 0 Å². The van der Waals surface area contributed by atoms with Gasteiger partial charge in [0.25, 0.3) is 0 Å². The normalized spacial score (nSPS) is 11.9. The average molecular weight is 280 g/mol. The number of pyridine rings is 1. The fourth-order valence-corrected chi connectivity index (χ4v) is 1.67. The van der Waals surface area contributed by atoms with Crippen molar-refractivity contribution < 1.29 is 9.47 Å². The lowest BCUT2D eigenvalue weighted by Gasteiger charge is -2.19. The van der Waals surface area contributed by atoms with E-state index in [1.54, 1.807) is 6.20 Å². The lowest BCUT2D eigenvalue weighted by Crippen LogP contribution is -2.23. The van der Waals surface area contributed by atoms with Crippen molar-refractivity contribution in [3.8, 4) is 5.88 Å². The summed E-state index contributed by atoms with van der Waals surface area (Å²) in [4.78, 5) is 4.29. The lowest BCUT2D eigenvalue weighted by atomic mass is 10.2. The van der Waals surface area contributed by atoms with Crippen molar-refractivity contribution in [3.05, 3.63) is 23.9 Å². The Balaban J connectivity index is 2.40. The van der Waals surface area contributed by atoms with Crippen LogP contribution >= 0.6 is 0 Å². The maximum atomic E-state index is 5.71. The summed E-state index contributed by atoms with van der Waals surface area (Å²) in [5.41, 5.74) is 0.957. The fourth-order valence-electron chi connectivity index (χ4n) is 1.67. The summed E-state index contributed by atoms with van der Waals surface area (Å²) in [5, 5.41) is 3.40. The molecular formula is C16H28N2O2. The third kappa shape index (κ3) is 7.46. The van der Waals surface area contributed by atoms with Gasteiger partial charge in [0.15, 0.2) is 0 Å². The van der Waals surface area contributed by atoms with Crippen LogP contribution in [0.1, 0.15) is 40.2 Å². The maximum Gasteiger partial charge on any atom is 0.217 e. The molecule has 0 saturated heterocycles. The smallest absolute Gasteiger partial charge is 0.217 e. The quantitative estimate of drug-likeness (QED) is 0.743. The molecule has 0 aliphatic carbocycles. The third-order valence-corrected chi connectivity index (χ3v) is 2.58. The number of nitrogens with zero attached hydrogens (tertiary/aromatic N) is 1. The van der Waals surface area contributed by atoms with Gasteiger partial charge in [-0.2, -0.15) is 0 Å². The first kappa shape index (κ1) is 16.9. The number of hydrogen-bond acceptors (Lipinski definition) is 4. The first-order valence-electron chi connectivity index (χ1n) is 7.30. The Kier molecular flexibility index (Phi) is 6.96. The molecule has 1 aromatic rings. The van der Waals surface area contributed by atoms with E-state index in [4.69, 9.17) is 9.47 Å². The second kappa shape index (κ2) is 8.22. The van der Waals surface area contributed by atoms with Gasteiger partial charge in [0.1, 0.15) is 6.61 Å². The first-order chi connectivity index (χ1) is 9.38. The second-order valence-electron chi connectivity index (χ2n) is 6.30. The van der Waals surface area contributed by atoms with Gasteiger partial charge in [0.05, 0.1) is 12.2 Å². The van der Waals surface area contributed by atoms with E-state index in [0.717, 1.165) is 18.7 Å². The van der Waals surface area contributed by atoms with Crippen LogP contribution in [0.3, 0.4) is 0 Å². The van der Waals surface area contributed by atoms with Gasteiger partial charge in [0, 0.05) is 18.3 Å². The average Bonchev–Trinajstić information content (AvgIpc) is 2.34. The SMILES string of the molecule is CC(C)CNCc1cccnc1OCCOC(C)(C)C. The van der Waals surface area contributed by atoms with Crippen molar-refractivity contribution in [2.75, 3.05) is 19.8 Å². The Morgan fingerprint density at radius 2 is 2.00 bits per heavy atom. The molecule has 20 heavy (non-hydrogen) atoms. The van der Waals surface area contributed by atoms with Crippen LogP contribution in [0.15, 0.2) is 18.3 Å². The van der Waals surface area contributed by atoms with Crippen molar-refractivity contribution in [2.45, 2.75) is 46.8 Å². The van der Waals surface area contributed by atoms with Crippen molar-refractivity contribution in [2.24, 2.45) is 5.92 Å². The minimum Gasteiger partial charge on any atom is -0.475 e. The fraction of sp³-hybridized carbons (Fsp3) is 0.688. The molecule has 0 aliphatic heterocycles. The molecule has 0 fully saturated rings. The van der Waals surface area contributed by atoms with Gasteiger partial charge in [-0.3, -0.25) is 0 Å². The number of rotatable bonds is 8. The van der Waals surface area contributed by atoms with E-state index in [1.165, 1.54) is 0 Å². The monoisotopic (exact) mass is 280 g/mol. The zero-order valence-corrected chi connectivity index (χ0v) is 13.4. The Morgan fingerprint density at radius 1 is 1.25 bits per heavy atom. The van der Waals surface area contributed by atoms with Crippen LogP contribution in [-0.2, 0) is 11.3 Å². The highest BCUT2D eigenvalue weighted by molar-refractivity contribution is 5.25. The van der Waals surface area contributed by atoms with Gasteiger partial charge in [0.2, 0.25) is 5.88 Å². The van der Waals surface area contributed by atoms with Crippen LogP contribution < -0.4 is 10.1 Å². The highest BCUT2D eigenvalue weighted by Crippen LogP contribution is 2.14. The van der Waals surface area contributed by atoms with E-state index in [1.807, 2.05) is 32.9 Å². The lowest BCUT2D eigenvalue weighted by molar-refractivity contribution is -0.0169. The van der Waals surface area contributed by atoms with Gasteiger partial charge in [-0.25, -0.2) is 4.98 Å². The van der Waals surface area contributed by atoms with E-state index in [0.29, 0.717) is 25.0 Å². The predicted molar refractivity (Wildman–Crippen MR) is 82.0 cm³/mol. The second-order valence-corrected chi connectivity index (χ2v) is 6.30. The molecule has 4 heteroatoms. The van der Waals surface area contributed by atoms with Crippen LogP contribution in [0.4, 0.5) is 0 Å². The predicted octanol–water partition coefficient (Wildman–Crippen LogP) is 3.02. The minimum absolute atomic E-state index is 0.130. The molecule has 1 N–H and O–H groups in total. The summed E-state index contributed by atoms with van der Waals surface area (Å²) in [6, 6.07) is 3.98. The Hall–Kier alpha value is -1.13. The molecular weight excluding hydrogens is 252 g/mol. The van der Waals surface area contributed by atoms with Gasteiger partial charge in [-0.1, -0.05) is 19.9 Å². The van der Waals surface area contributed by atoms with E-state index in [-0.39, 0.29) is 5.60 Å². The summed E-state index contributed by atoms with van der Waals surface area (Å²) in [6.45, 7) is 13.3. The molecule has 0 radical (unpaired) electrons. The highest BCUT2D eigenvalue weighted by atomic mass is 16.5. The van der Waals surface area contributed by atoms with Gasteiger partial charge < -0.3 is 14.8 Å². The maximum absolute atomic E-state index is 5.71. The van der Waals surface area contributed by atoms with Gasteiger partial charge in [-0.05, 0) is 39.3 Å².